The predicted molar refractivity (Wildman–Crippen MR) is 86.3 cm³/mol. The average molecular weight is 353 g/mol. The summed E-state index contributed by atoms with van der Waals surface area (Å²) in [5, 5.41) is 3.50. The third-order valence-corrected chi connectivity index (χ3v) is 5.08. The van der Waals surface area contributed by atoms with Crippen molar-refractivity contribution < 1.29 is 9.53 Å². The summed E-state index contributed by atoms with van der Waals surface area (Å²) < 4.78 is 6.41. The van der Waals surface area contributed by atoms with E-state index in [1.807, 2.05) is 31.2 Å². The Kier molecular flexibility index (Phi) is 4.22. The van der Waals surface area contributed by atoms with Crippen molar-refractivity contribution in [1.82, 2.24) is 4.90 Å². The van der Waals surface area contributed by atoms with Crippen molar-refractivity contribution in [3.8, 4) is 0 Å². The van der Waals surface area contributed by atoms with Gasteiger partial charge in [0.25, 0.3) is 0 Å². The second kappa shape index (κ2) is 5.97. The maximum absolute atomic E-state index is 12.7. The number of esters is 1. The van der Waals surface area contributed by atoms with Crippen LogP contribution in [0.4, 0.5) is 5.69 Å². The summed E-state index contributed by atoms with van der Waals surface area (Å²) in [5.41, 5.74) is 0.360. The first-order valence-electron chi connectivity index (χ1n) is 7.57. The molecule has 114 valence electrons. The molecule has 2 bridgehead atoms. The van der Waals surface area contributed by atoms with Crippen LogP contribution in [0.5, 0.6) is 0 Å². The molecule has 5 heteroatoms. The Balaban J connectivity index is 1.91. The summed E-state index contributed by atoms with van der Waals surface area (Å²) in [4.78, 5) is 15.0. The van der Waals surface area contributed by atoms with Gasteiger partial charge >= 0.3 is 5.97 Å². The number of fused-ring (bicyclic) bond motifs is 3. The van der Waals surface area contributed by atoms with Gasteiger partial charge in [0.1, 0.15) is 0 Å². The van der Waals surface area contributed by atoms with Gasteiger partial charge in [0.2, 0.25) is 0 Å². The molecule has 1 aromatic rings. The molecule has 3 aliphatic rings. The Morgan fingerprint density at radius 2 is 2.24 bits per heavy atom. The zero-order chi connectivity index (χ0) is 14.9. The van der Waals surface area contributed by atoms with Crippen molar-refractivity contribution in [2.45, 2.75) is 25.3 Å². The first-order valence-corrected chi connectivity index (χ1v) is 8.36. The molecule has 3 heterocycles. The van der Waals surface area contributed by atoms with Gasteiger partial charge in [0.05, 0.1) is 6.61 Å². The largest absolute Gasteiger partial charge is 0.464 e. The van der Waals surface area contributed by atoms with E-state index < -0.39 is 5.54 Å². The van der Waals surface area contributed by atoms with Gasteiger partial charge < -0.3 is 15.0 Å². The highest BCUT2D eigenvalue weighted by molar-refractivity contribution is 9.10. The van der Waals surface area contributed by atoms with Gasteiger partial charge in [-0.3, -0.25) is 0 Å². The lowest BCUT2D eigenvalue weighted by Gasteiger charge is -2.52. The van der Waals surface area contributed by atoms with Gasteiger partial charge in [-0.05, 0) is 57.0 Å². The third-order valence-electron chi connectivity index (χ3n) is 4.59. The third kappa shape index (κ3) is 2.81. The summed E-state index contributed by atoms with van der Waals surface area (Å²) in [6, 6.07) is 7.98. The minimum absolute atomic E-state index is 0.112. The van der Waals surface area contributed by atoms with Crippen molar-refractivity contribution in [3.63, 3.8) is 0 Å². The van der Waals surface area contributed by atoms with E-state index in [9.17, 15) is 4.79 Å². The van der Waals surface area contributed by atoms with Gasteiger partial charge in [-0.1, -0.05) is 22.0 Å². The minimum atomic E-state index is -0.604. The molecule has 1 N–H and O–H groups in total. The topological polar surface area (TPSA) is 41.6 Å². The first kappa shape index (κ1) is 14.9. The van der Waals surface area contributed by atoms with Crippen LogP contribution in [-0.2, 0) is 9.53 Å². The Labute approximate surface area is 134 Å². The normalized spacial score (nSPS) is 31.0. The molecular weight excluding hydrogens is 332 g/mol. The molecule has 0 aliphatic carbocycles. The summed E-state index contributed by atoms with van der Waals surface area (Å²) in [7, 11) is 0. The predicted octanol–water partition coefficient (Wildman–Crippen LogP) is 2.89. The lowest BCUT2D eigenvalue weighted by atomic mass is 9.72. The lowest BCUT2D eigenvalue weighted by molar-refractivity contribution is -0.155. The van der Waals surface area contributed by atoms with Gasteiger partial charge in [-0.2, -0.15) is 0 Å². The number of hydrogen-bond donors (Lipinski definition) is 1. The zero-order valence-electron chi connectivity index (χ0n) is 12.3. The highest BCUT2D eigenvalue weighted by Gasteiger charge is 2.53. The molecule has 0 aromatic heterocycles. The number of hydrogen-bond acceptors (Lipinski definition) is 4. The zero-order valence-corrected chi connectivity index (χ0v) is 13.9. The van der Waals surface area contributed by atoms with Crippen LogP contribution in [0.3, 0.4) is 0 Å². The van der Waals surface area contributed by atoms with Gasteiger partial charge in [-0.25, -0.2) is 4.79 Å². The molecule has 21 heavy (non-hydrogen) atoms. The molecule has 4 rings (SSSR count). The van der Waals surface area contributed by atoms with E-state index in [4.69, 9.17) is 4.74 Å². The molecule has 3 fully saturated rings. The monoisotopic (exact) mass is 352 g/mol. The second-order valence-corrected chi connectivity index (χ2v) is 6.79. The molecule has 0 amide bonds. The number of benzene rings is 1. The molecule has 1 aromatic carbocycles. The van der Waals surface area contributed by atoms with E-state index in [1.165, 1.54) is 0 Å². The molecule has 1 unspecified atom stereocenters. The first-order chi connectivity index (χ1) is 10.1. The van der Waals surface area contributed by atoms with Crippen LogP contribution in [0.2, 0.25) is 0 Å². The number of ether oxygens (including phenoxy) is 1. The van der Waals surface area contributed by atoms with Crippen LogP contribution in [0.25, 0.3) is 0 Å². The van der Waals surface area contributed by atoms with Crippen LogP contribution >= 0.6 is 15.9 Å². The van der Waals surface area contributed by atoms with Crippen molar-refractivity contribution in [2.75, 3.05) is 31.6 Å². The highest BCUT2D eigenvalue weighted by Crippen LogP contribution is 2.39. The molecule has 0 spiro atoms. The summed E-state index contributed by atoms with van der Waals surface area (Å²) >= 11 is 3.49. The molecule has 0 saturated carbocycles. The molecule has 3 aliphatic heterocycles. The fraction of sp³-hybridized carbons (Fsp3) is 0.562. The van der Waals surface area contributed by atoms with E-state index >= 15 is 0 Å². The summed E-state index contributed by atoms with van der Waals surface area (Å²) in [5.74, 6) is 0.236. The number of rotatable bonds is 4. The number of carbonyl (C=O) groups excluding carboxylic acids is 1. The van der Waals surface area contributed by atoms with Crippen LogP contribution in [0.15, 0.2) is 28.7 Å². The number of nitrogens with zero attached hydrogens (tertiary/aromatic N) is 1. The number of halogens is 1. The summed E-state index contributed by atoms with van der Waals surface area (Å²) in [6.45, 7) is 5.21. The fourth-order valence-electron chi connectivity index (χ4n) is 3.57. The van der Waals surface area contributed by atoms with E-state index in [1.54, 1.807) is 0 Å². The molecule has 0 radical (unpaired) electrons. The standard InChI is InChI=1S/C16H21BrN2O2/c1-2-21-15(20)16(11-19-8-6-12(16)7-9-19)18-14-5-3-4-13(17)10-14/h3-5,10,12,18H,2,6-9,11H2,1H3. The smallest absolute Gasteiger partial charge is 0.333 e. The number of anilines is 1. The van der Waals surface area contributed by atoms with Gasteiger partial charge in [-0.15, -0.1) is 0 Å². The number of carbonyl (C=O) groups is 1. The maximum Gasteiger partial charge on any atom is 0.333 e. The average Bonchev–Trinajstić information content (AvgIpc) is 2.48. The van der Waals surface area contributed by atoms with Crippen molar-refractivity contribution in [3.05, 3.63) is 28.7 Å². The highest BCUT2D eigenvalue weighted by atomic mass is 79.9. The maximum atomic E-state index is 12.7. The Morgan fingerprint density at radius 3 is 2.81 bits per heavy atom. The van der Waals surface area contributed by atoms with Gasteiger partial charge in [0.15, 0.2) is 5.54 Å². The second-order valence-electron chi connectivity index (χ2n) is 5.88. The fourth-order valence-corrected chi connectivity index (χ4v) is 3.97. The van der Waals surface area contributed by atoms with Crippen molar-refractivity contribution in [2.24, 2.45) is 5.92 Å². The van der Waals surface area contributed by atoms with Crippen molar-refractivity contribution >= 4 is 27.6 Å². The Morgan fingerprint density at radius 1 is 1.48 bits per heavy atom. The van der Waals surface area contributed by atoms with Crippen LogP contribution in [0.1, 0.15) is 19.8 Å². The number of piperidine rings is 3. The van der Waals surface area contributed by atoms with Gasteiger partial charge in [0, 0.05) is 16.7 Å². The van der Waals surface area contributed by atoms with E-state index in [2.05, 4.69) is 26.1 Å². The number of nitrogens with one attached hydrogen (secondary N) is 1. The van der Waals surface area contributed by atoms with E-state index in [0.717, 1.165) is 42.6 Å². The quantitative estimate of drug-likeness (QED) is 0.846. The van der Waals surface area contributed by atoms with E-state index in [0.29, 0.717) is 12.5 Å². The van der Waals surface area contributed by atoms with Crippen LogP contribution in [0, 0.1) is 5.92 Å². The van der Waals surface area contributed by atoms with Crippen LogP contribution < -0.4 is 5.32 Å². The molecular formula is C16H21BrN2O2. The SMILES string of the molecule is CCOC(=O)C1(Nc2cccc(Br)c2)CN2CCC1CC2. The Hall–Kier alpha value is -1.07. The molecule has 4 nitrogen and oxygen atoms in total. The van der Waals surface area contributed by atoms with Crippen molar-refractivity contribution in [1.29, 1.82) is 0 Å². The van der Waals surface area contributed by atoms with E-state index in [-0.39, 0.29) is 5.97 Å². The summed E-state index contributed by atoms with van der Waals surface area (Å²) in [6.07, 6.45) is 2.11. The Bertz CT molecular complexity index is 529. The lowest BCUT2D eigenvalue weighted by Crippen LogP contribution is -2.67. The molecule has 3 saturated heterocycles. The van der Waals surface area contributed by atoms with Crippen LogP contribution in [-0.4, -0.2) is 42.6 Å². The molecule has 1 atom stereocenters. The minimum Gasteiger partial charge on any atom is -0.464 e.